The summed E-state index contributed by atoms with van der Waals surface area (Å²) in [5.41, 5.74) is -0.485. The molecule has 0 atom stereocenters. The van der Waals surface area contributed by atoms with Crippen LogP contribution >= 0.6 is 0 Å². The third kappa shape index (κ3) is 25.7. The Morgan fingerprint density at radius 1 is 0.588 bits per heavy atom. The molecule has 0 aromatic heterocycles. The molecule has 0 bridgehead atoms. The van der Waals surface area contributed by atoms with E-state index in [4.69, 9.17) is 23.7 Å². The van der Waals surface area contributed by atoms with Crippen LogP contribution in [-0.4, -0.2) is 83.0 Å². The molecule has 0 aliphatic carbocycles. The van der Waals surface area contributed by atoms with Crippen molar-refractivity contribution in [1.82, 2.24) is 4.90 Å². The van der Waals surface area contributed by atoms with Gasteiger partial charge in [0.1, 0.15) is 5.60 Å². The number of ether oxygens (including phenoxy) is 5. The molecule has 7 heteroatoms. The largest absolute Gasteiger partial charge is 0.444 e. The molecular formula is C27H55NO6. The van der Waals surface area contributed by atoms with Crippen LogP contribution in [0.2, 0.25) is 0 Å². The van der Waals surface area contributed by atoms with Crippen molar-refractivity contribution in [2.45, 2.75) is 104 Å². The van der Waals surface area contributed by atoms with E-state index >= 15 is 0 Å². The van der Waals surface area contributed by atoms with Gasteiger partial charge in [-0.15, -0.1) is 0 Å². The number of nitrogens with zero attached hydrogens (tertiary/aromatic N) is 1. The smallest absolute Gasteiger partial charge is 0.410 e. The summed E-state index contributed by atoms with van der Waals surface area (Å²) in [6, 6.07) is 0. The van der Waals surface area contributed by atoms with Gasteiger partial charge in [0.25, 0.3) is 0 Å². The van der Waals surface area contributed by atoms with Gasteiger partial charge in [-0.05, 0) is 27.2 Å². The summed E-state index contributed by atoms with van der Waals surface area (Å²) in [4.78, 5) is 13.3. The van der Waals surface area contributed by atoms with Crippen molar-refractivity contribution in [1.29, 1.82) is 0 Å². The molecule has 0 fully saturated rings. The maximum atomic E-state index is 11.8. The van der Waals surface area contributed by atoms with E-state index in [1.807, 2.05) is 20.8 Å². The van der Waals surface area contributed by atoms with Crippen LogP contribution in [0.25, 0.3) is 0 Å². The van der Waals surface area contributed by atoms with E-state index in [-0.39, 0.29) is 6.09 Å². The number of amides is 1. The van der Waals surface area contributed by atoms with Gasteiger partial charge in [-0.25, -0.2) is 4.79 Å². The van der Waals surface area contributed by atoms with Gasteiger partial charge in [0.2, 0.25) is 0 Å². The molecular weight excluding hydrogens is 434 g/mol. The van der Waals surface area contributed by atoms with E-state index < -0.39 is 5.60 Å². The maximum Gasteiger partial charge on any atom is 0.410 e. The molecule has 34 heavy (non-hydrogen) atoms. The quantitative estimate of drug-likeness (QED) is 0.150. The number of rotatable bonds is 24. The second-order valence-corrected chi connectivity index (χ2v) is 9.89. The summed E-state index contributed by atoms with van der Waals surface area (Å²) in [5.74, 6) is 0. The molecule has 0 heterocycles. The van der Waals surface area contributed by atoms with Gasteiger partial charge >= 0.3 is 6.09 Å². The molecule has 0 radical (unpaired) electrons. The summed E-state index contributed by atoms with van der Waals surface area (Å²) in [5, 5.41) is 0. The lowest BCUT2D eigenvalue weighted by molar-refractivity contribution is -0.00593. The highest BCUT2D eigenvalue weighted by Crippen LogP contribution is 2.11. The first-order chi connectivity index (χ1) is 16.4. The maximum absolute atomic E-state index is 11.8. The van der Waals surface area contributed by atoms with Crippen molar-refractivity contribution < 1.29 is 28.5 Å². The lowest BCUT2D eigenvalue weighted by atomic mass is 10.1. The third-order valence-corrected chi connectivity index (χ3v) is 5.28. The molecule has 0 spiro atoms. The fourth-order valence-corrected chi connectivity index (χ4v) is 3.26. The molecule has 0 aromatic rings. The minimum Gasteiger partial charge on any atom is -0.444 e. The lowest BCUT2D eigenvalue weighted by Crippen LogP contribution is -2.36. The van der Waals surface area contributed by atoms with Crippen LogP contribution in [0.1, 0.15) is 98.3 Å². The van der Waals surface area contributed by atoms with Crippen molar-refractivity contribution in [3.8, 4) is 0 Å². The number of unbranched alkanes of at least 4 members (excludes halogenated alkanes) is 10. The van der Waals surface area contributed by atoms with Gasteiger partial charge < -0.3 is 28.6 Å². The van der Waals surface area contributed by atoms with Gasteiger partial charge in [-0.1, -0.05) is 71.1 Å². The first-order valence-corrected chi connectivity index (χ1v) is 13.6. The molecule has 204 valence electrons. The second kappa shape index (κ2) is 23.8. The van der Waals surface area contributed by atoms with Crippen LogP contribution in [0, 0.1) is 0 Å². The molecule has 0 unspecified atom stereocenters. The minimum atomic E-state index is -0.485. The molecule has 0 aliphatic heterocycles. The Morgan fingerprint density at radius 2 is 0.971 bits per heavy atom. The molecule has 0 rings (SSSR count). The highest BCUT2D eigenvalue weighted by atomic mass is 16.6. The molecule has 0 aliphatic rings. The Kier molecular flexibility index (Phi) is 23.2. The van der Waals surface area contributed by atoms with Gasteiger partial charge in [-0.3, -0.25) is 0 Å². The van der Waals surface area contributed by atoms with Crippen molar-refractivity contribution in [2.24, 2.45) is 0 Å². The predicted molar refractivity (Wildman–Crippen MR) is 139 cm³/mol. The topological polar surface area (TPSA) is 66.5 Å². The zero-order chi connectivity index (χ0) is 25.3. The summed E-state index contributed by atoms with van der Waals surface area (Å²) < 4.78 is 27.4. The van der Waals surface area contributed by atoms with E-state index in [0.29, 0.717) is 52.8 Å². The highest BCUT2D eigenvalue weighted by molar-refractivity contribution is 5.67. The lowest BCUT2D eigenvalue weighted by Gasteiger charge is -2.24. The number of hydrogen-bond donors (Lipinski definition) is 0. The fraction of sp³-hybridized carbons (Fsp3) is 0.963. The number of carbonyl (C=O) groups excluding carboxylic acids is 1. The second-order valence-electron chi connectivity index (χ2n) is 9.89. The van der Waals surface area contributed by atoms with Crippen molar-refractivity contribution >= 4 is 6.09 Å². The van der Waals surface area contributed by atoms with E-state index in [1.54, 1.807) is 7.05 Å². The standard InChI is InChI=1S/C27H55NO6/c1-6-7-8-9-10-11-12-13-14-15-16-18-30-20-22-32-24-25-33-23-21-31-19-17-28(5)26(29)34-27(2,3)4/h6-25H2,1-5H3. The highest BCUT2D eigenvalue weighted by Gasteiger charge is 2.19. The SMILES string of the molecule is CCCCCCCCCCCCCOCCOCCOCCOCCN(C)C(=O)OC(C)(C)C. The summed E-state index contributed by atoms with van der Waals surface area (Å²) >= 11 is 0. The molecule has 0 saturated heterocycles. The van der Waals surface area contributed by atoms with Gasteiger partial charge in [0.05, 0.1) is 46.2 Å². The van der Waals surface area contributed by atoms with Gasteiger partial charge in [0.15, 0.2) is 0 Å². The Hall–Kier alpha value is -0.890. The van der Waals surface area contributed by atoms with Crippen LogP contribution in [0.3, 0.4) is 0 Å². The first-order valence-electron chi connectivity index (χ1n) is 13.6. The van der Waals surface area contributed by atoms with Crippen LogP contribution in [-0.2, 0) is 23.7 Å². The molecule has 1 amide bonds. The van der Waals surface area contributed by atoms with Crippen LogP contribution in [0.5, 0.6) is 0 Å². The van der Waals surface area contributed by atoms with Crippen molar-refractivity contribution in [3.63, 3.8) is 0 Å². The van der Waals surface area contributed by atoms with Crippen LogP contribution in [0.4, 0.5) is 4.79 Å². The van der Waals surface area contributed by atoms with E-state index in [9.17, 15) is 4.79 Å². The van der Waals surface area contributed by atoms with E-state index in [0.717, 1.165) is 13.0 Å². The van der Waals surface area contributed by atoms with Crippen molar-refractivity contribution in [2.75, 3.05) is 66.4 Å². The Morgan fingerprint density at radius 3 is 1.41 bits per heavy atom. The summed E-state index contributed by atoms with van der Waals surface area (Å²) in [6.45, 7) is 12.9. The molecule has 0 aromatic carbocycles. The molecule has 7 nitrogen and oxygen atoms in total. The minimum absolute atomic E-state index is 0.340. The number of carbonyl (C=O) groups is 1. The summed E-state index contributed by atoms with van der Waals surface area (Å²) in [6.07, 6.45) is 14.5. The van der Waals surface area contributed by atoms with E-state index in [1.165, 1.54) is 69.1 Å². The van der Waals surface area contributed by atoms with Crippen molar-refractivity contribution in [3.05, 3.63) is 0 Å². The third-order valence-electron chi connectivity index (χ3n) is 5.28. The van der Waals surface area contributed by atoms with Crippen LogP contribution < -0.4 is 0 Å². The van der Waals surface area contributed by atoms with Crippen LogP contribution in [0.15, 0.2) is 0 Å². The average molecular weight is 490 g/mol. The first kappa shape index (κ1) is 33.1. The average Bonchev–Trinajstić information content (AvgIpc) is 2.78. The Bertz CT molecular complexity index is 441. The molecule has 0 N–H and O–H groups in total. The monoisotopic (exact) mass is 489 g/mol. The zero-order valence-corrected chi connectivity index (χ0v) is 23.0. The Labute approximate surface area is 210 Å². The fourth-order valence-electron chi connectivity index (χ4n) is 3.26. The predicted octanol–water partition coefficient (Wildman–Crippen LogP) is 6.23. The Balaban J connectivity index is 3.18. The molecule has 0 saturated carbocycles. The van der Waals surface area contributed by atoms with E-state index in [2.05, 4.69) is 6.92 Å². The zero-order valence-electron chi connectivity index (χ0n) is 23.0. The normalized spacial score (nSPS) is 11.7. The van der Waals surface area contributed by atoms with Gasteiger partial charge in [0, 0.05) is 20.2 Å². The number of likely N-dealkylation sites (N-methyl/N-ethyl adjacent to an activating group) is 1. The number of hydrogen-bond acceptors (Lipinski definition) is 6. The summed E-state index contributed by atoms with van der Waals surface area (Å²) in [7, 11) is 1.70. The van der Waals surface area contributed by atoms with Gasteiger partial charge in [-0.2, -0.15) is 0 Å².